The molecule has 0 unspecified atom stereocenters. The molecule has 1 aliphatic heterocycles. The van der Waals surface area contributed by atoms with Crippen molar-refractivity contribution in [3.8, 4) is 11.5 Å². The Morgan fingerprint density at radius 3 is 2.48 bits per heavy atom. The molecule has 0 amide bonds. The van der Waals surface area contributed by atoms with Crippen LogP contribution < -0.4 is 9.47 Å². The molecule has 6 nitrogen and oxygen atoms in total. The van der Waals surface area contributed by atoms with Gasteiger partial charge in [0.05, 0.1) is 23.3 Å². The fourth-order valence-corrected chi connectivity index (χ4v) is 3.70. The van der Waals surface area contributed by atoms with E-state index < -0.39 is 11.9 Å². The van der Waals surface area contributed by atoms with E-state index in [0.29, 0.717) is 32.5 Å². The molecule has 0 fully saturated rings. The number of hydrogen-bond donors (Lipinski definition) is 0. The highest BCUT2D eigenvalue weighted by Crippen LogP contribution is 2.31. The number of aliphatic imine (C=N–C) groups is 1. The van der Waals surface area contributed by atoms with Crippen molar-refractivity contribution in [2.24, 2.45) is 4.99 Å². The summed E-state index contributed by atoms with van der Waals surface area (Å²) >= 11 is 15.4. The van der Waals surface area contributed by atoms with Crippen molar-refractivity contribution in [2.75, 3.05) is 7.11 Å². The van der Waals surface area contributed by atoms with E-state index in [0.717, 1.165) is 4.47 Å². The fraction of sp³-hybridized carbons (Fsp3) is 0.0417. The van der Waals surface area contributed by atoms with Gasteiger partial charge in [-0.05, 0) is 66.2 Å². The Balaban J connectivity index is 1.58. The molecule has 1 aliphatic rings. The van der Waals surface area contributed by atoms with Crippen LogP contribution in [-0.4, -0.2) is 24.9 Å². The molecule has 0 saturated carbocycles. The van der Waals surface area contributed by atoms with Gasteiger partial charge in [0, 0.05) is 9.50 Å². The van der Waals surface area contributed by atoms with Crippen molar-refractivity contribution in [3.05, 3.63) is 97.6 Å². The number of carbonyl (C=O) groups is 2. The van der Waals surface area contributed by atoms with E-state index in [4.69, 9.17) is 37.4 Å². The van der Waals surface area contributed by atoms with E-state index >= 15 is 0 Å². The normalized spacial score (nSPS) is 14.1. The Hall–Kier alpha value is -3.13. The molecule has 3 aromatic rings. The fourth-order valence-electron chi connectivity index (χ4n) is 2.95. The summed E-state index contributed by atoms with van der Waals surface area (Å²) in [5.41, 5.74) is 1.51. The third kappa shape index (κ3) is 5.27. The number of cyclic esters (lactones) is 1. The summed E-state index contributed by atoms with van der Waals surface area (Å²) in [7, 11) is 1.45. The number of carbonyl (C=O) groups excluding carboxylic acids is 2. The highest BCUT2D eigenvalue weighted by atomic mass is 79.9. The minimum absolute atomic E-state index is 0.0812. The predicted octanol–water partition coefficient (Wildman–Crippen LogP) is 6.33. The second-order valence-electron chi connectivity index (χ2n) is 6.77. The summed E-state index contributed by atoms with van der Waals surface area (Å²) in [5, 5.41) is 0.770. The van der Waals surface area contributed by atoms with Crippen LogP contribution >= 0.6 is 39.1 Å². The molecule has 0 aliphatic carbocycles. The maximum Gasteiger partial charge on any atom is 0.363 e. The molecule has 9 heteroatoms. The molecule has 0 saturated heterocycles. The first-order chi connectivity index (χ1) is 15.8. The molecule has 0 aromatic heterocycles. The first kappa shape index (κ1) is 23.0. The minimum atomic E-state index is -0.624. The molecule has 1 heterocycles. The zero-order valence-electron chi connectivity index (χ0n) is 17.0. The Kier molecular flexibility index (Phi) is 6.83. The van der Waals surface area contributed by atoms with Crippen molar-refractivity contribution in [2.45, 2.75) is 0 Å². The number of hydrogen-bond acceptors (Lipinski definition) is 6. The molecule has 166 valence electrons. The van der Waals surface area contributed by atoms with Crippen LogP contribution in [0.1, 0.15) is 21.5 Å². The Morgan fingerprint density at radius 2 is 1.79 bits per heavy atom. The number of benzene rings is 3. The number of rotatable bonds is 5. The predicted molar refractivity (Wildman–Crippen MR) is 129 cm³/mol. The molecule has 4 rings (SSSR count). The lowest BCUT2D eigenvalue weighted by atomic mass is 10.1. The lowest BCUT2D eigenvalue weighted by Crippen LogP contribution is -2.09. The maximum atomic E-state index is 12.4. The van der Waals surface area contributed by atoms with Gasteiger partial charge in [0.1, 0.15) is 0 Å². The van der Waals surface area contributed by atoms with E-state index in [1.165, 1.54) is 19.3 Å². The van der Waals surface area contributed by atoms with E-state index in [-0.39, 0.29) is 17.3 Å². The second-order valence-corrected chi connectivity index (χ2v) is 8.53. The van der Waals surface area contributed by atoms with E-state index in [2.05, 4.69) is 20.9 Å². The monoisotopic (exact) mass is 545 g/mol. The quantitative estimate of drug-likeness (QED) is 0.212. The van der Waals surface area contributed by atoms with Gasteiger partial charge >= 0.3 is 11.9 Å². The van der Waals surface area contributed by atoms with Gasteiger partial charge in [-0.1, -0.05) is 45.2 Å². The van der Waals surface area contributed by atoms with E-state index in [1.807, 2.05) is 0 Å². The molecule has 0 atom stereocenters. The van der Waals surface area contributed by atoms with Gasteiger partial charge in [0.25, 0.3) is 0 Å². The second kappa shape index (κ2) is 9.79. The summed E-state index contributed by atoms with van der Waals surface area (Å²) in [5.74, 6) is -0.522. The number of methoxy groups -OCH3 is 1. The Bertz CT molecular complexity index is 1320. The molecule has 0 spiro atoms. The number of nitrogens with zero attached hydrogens (tertiary/aromatic N) is 1. The minimum Gasteiger partial charge on any atom is -0.493 e. The molecular formula is C24H14BrCl2NO5. The lowest BCUT2D eigenvalue weighted by Gasteiger charge is -2.10. The van der Waals surface area contributed by atoms with Crippen molar-refractivity contribution in [3.63, 3.8) is 0 Å². The third-order valence-corrected chi connectivity index (χ3v) is 5.63. The van der Waals surface area contributed by atoms with Crippen LogP contribution in [0.25, 0.3) is 6.08 Å². The SMILES string of the molecule is COc1cc(/C=C2\N=C(c3ccc(Cl)cc3Cl)OC2=O)ccc1OC(=O)c1ccc(Br)cc1. The maximum absolute atomic E-state index is 12.4. The summed E-state index contributed by atoms with van der Waals surface area (Å²) in [6.07, 6.45) is 1.53. The van der Waals surface area contributed by atoms with Crippen molar-refractivity contribution in [1.29, 1.82) is 0 Å². The van der Waals surface area contributed by atoms with Crippen LogP contribution in [0.2, 0.25) is 10.0 Å². The van der Waals surface area contributed by atoms with Crippen LogP contribution in [0.4, 0.5) is 0 Å². The zero-order valence-corrected chi connectivity index (χ0v) is 20.1. The standard InChI is InChI=1S/C24H14BrCl2NO5/c1-31-21-11-13(2-9-20(21)32-23(29)14-3-5-15(25)6-4-14)10-19-24(30)33-22(28-19)17-8-7-16(26)12-18(17)27/h2-12H,1H3/b19-10-. The van der Waals surface area contributed by atoms with Crippen LogP contribution in [0.3, 0.4) is 0 Å². The molecule has 0 radical (unpaired) electrons. The largest absolute Gasteiger partial charge is 0.493 e. The van der Waals surface area contributed by atoms with Gasteiger partial charge in [-0.25, -0.2) is 14.6 Å². The highest BCUT2D eigenvalue weighted by Gasteiger charge is 2.26. The van der Waals surface area contributed by atoms with E-state index in [1.54, 1.807) is 54.6 Å². The van der Waals surface area contributed by atoms with Gasteiger partial charge in [0.15, 0.2) is 17.2 Å². The van der Waals surface area contributed by atoms with Crippen LogP contribution in [0, 0.1) is 0 Å². The topological polar surface area (TPSA) is 74.2 Å². The summed E-state index contributed by atoms with van der Waals surface area (Å²) < 4.78 is 16.9. The summed E-state index contributed by atoms with van der Waals surface area (Å²) in [6.45, 7) is 0. The lowest BCUT2D eigenvalue weighted by molar-refractivity contribution is -0.129. The van der Waals surface area contributed by atoms with Gasteiger partial charge in [0.2, 0.25) is 5.90 Å². The number of esters is 2. The van der Waals surface area contributed by atoms with Crippen LogP contribution in [0.15, 0.2) is 75.8 Å². The van der Waals surface area contributed by atoms with E-state index in [9.17, 15) is 9.59 Å². The van der Waals surface area contributed by atoms with Crippen molar-refractivity contribution < 1.29 is 23.8 Å². The number of halogens is 3. The Morgan fingerprint density at radius 1 is 1.03 bits per heavy atom. The third-order valence-electron chi connectivity index (χ3n) is 4.56. The van der Waals surface area contributed by atoms with Crippen molar-refractivity contribution in [1.82, 2.24) is 0 Å². The molecule has 3 aromatic carbocycles. The number of ether oxygens (including phenoxy) is 3. The van der Waals surface area contributed by atoms with Gasteiger partial charge < -0.3 is 14.2 Å². The Labute approximate surface area is 207 Å². The van der Waals surface area contributed by atoms with Crippen LogP contribution in [-0.2, 0) is 9.53 Å². The average molecular weight is 547 g/mol. The molecule has 33 heavy (non-hydrogen) atoms. The van der Waals surface area contributed by atoms with Gasteiger partial charge in [-0.2, -0.15) is 0 Å². The molecular weight excluding hydrogens is 533 g/mol. The zero-order chi connectivity index (χ0) is 23.5. The van der Waals surface area contributed by atoms with Crippen molar-refractivity contribution >= 4 is 63.0 Å². The molecule has 0 bridgehead atoms. The molecule has 0 N–H and O–H groups in total. The summed E-state index contributed by atoms with van der Waals surface area (Å²) in [4.78, 5) is 29.0. The summed E-state index contributed by atoms with van der Waals surface area (Å²) in [6, 6.07) is 16.4. The smallest absolute Gasteiger partial charge is 0.363 e. The van der Waals surface area contributed by atoms with Gasteiger partial charge in [-0.15, -0.1) is 0 Å². The van der Waals surface area contributed by atoms with Gasteiger partial charge in [-0.3, -0.25) is 0 Å². The van der Waals surface area contributed by atoms with Crippen LogP contribution in [0.5, 0.6) is 11.5 Å². The first-order valence-electron chi connectivity index (χ1n) is 9.48. The average Bonchev–Trinajstić information content (AvgIpc) is 3.14. The first-order valence-corrected chi connectivity index (χ1v) is 11.0. The highest BCUT2D eigenvalue weighted by molar-refractivity contribution is 9.10.